The second-order valence-corrected chi connectivity index (χ2v) is 6.02. The number of rotatable bonds is 3. The van der Waals surface area contributed by atoms with Gasteiger partial charge in [-0.15, -0.1) is 11.3 Å². The predicted molar refractivity (Wildman–Crippen MR) is 75.1 cm³/mol. The second kappa shape index (κ2) is 5.09. The minimum atomic E-state index is -1.38. The van der Waals surface area contributed by atoms with Crippen LogP contribution in [-0.2, 0) is 9.53 Å². The summed E-state index contributed by atoms with van der Waals surface area (Å²) in [5, 5.41) is 12.5. The Morgan fingerprint density at radius 2 is 2.19 bits per heavy atom. The van der Waals surface area contributed by atoms with Gasteiger partial charge < -0.3 is 15.2 Å². The summed E-state index contributed by atoms with van der Waals surface area (Å²) >= 11 is 1.20. The normalized spacial score (nSPS) is 21.6. The van der Waals surface area contributed by atoms with Crippen LogP contribution in [0.25, 0.3) is 10.1 Å². The molecule has 1 aliphatic heterocycles. The number of carboxylic acids is 1. The maximum Gasteiger partial charge on any atom is 0.331 e. The summed E-state index contributed by atoms with van der Waals surface area (Å²) in [4.78, 5) is 24.0. The number of carbonyl (C=O) groups excluding carboxylic acids is 1. The number of carboxylic acid groups (broad SMARTS) is 1. The highest BCUT2D eigenvalue weighted by Gasteiger charge is 2.44. The lowest BCUT2D eigenvalue weighted by Gasteiger charge is -2.23. The van der Waals surface area contributed by atoms with E-state index in [1.807, 2.05) is 0 Å². The van der Waals surface area contributed by atoms with E-state index in [2.05, 4.69) is 5.32 Å². The lowest BCUT2D eigenvalue weighted by Crippen LogP contribution is -2.55. The fourth-order valence-electron chi connectivity index (χ4n) is 2.29. The molecule has 1 atom stereocenters. The molecule has 2 N–H and O–H groups in total. The van der Waals surface area contributed by atoms with Gasteiger partial charge in [0, 0.05) is 17.7 Å². The Bertz CT molecular complexity index is 721. The number of nitrogens with one attached hydrogen (secondary N) is 1. The molecule has 0 saturated carbocycles. The van der Waals surface area contributed by atoms with E-state index in [1.54, 1.807) is 12.1 Å². The summed E-state index contributed by atoms with van der Waals surface area (Å²) in [5.74, 6) is -1.97. The molecule has 1 aromatic heterocycles. The Kier molecular flexibility index (Phi) is 3.38. The van der Waals surface area contributed by atoms with Crippen molar-refractivity contribution in [2.24, 2.45) is 0 Å². The number of amides is 1. The number of ether oxygens (including phenoxy) is 1. The number of benzene rings is 1. The van der Waals surface area contributed by atoms with Crippen LogP contribution in [0.4, 0.5) is 4.39 Å². The van der Waals surface area contributed by atoms with Crippen LogP contribution in [-0.4, -0.2) is 35.7 Å². The summed E-state index contributed by atoms with van der Waals surface area (Å²) in [6.07, 6.45) is 0.230. The molecular formula is C14H12FNO4S. The van der Waals surface area contributed by atoms with Gasteiger partial charge in [0.1, 0.15) is 5.82 Å². The number of aliphatic carboxylic acids is 1. The van der Waals surface area contributed by atoms with E-state index in [9.17, 15) is 19.1 Å². The summed E-state index contributed by atoms with van der Waals surface area (Å²) in [7, 11) is 0. The minimum Gasteiger partial charge on any atom is -0.479 e. The van der Waals surface area contributed by atoms with Gasteiger partial charge in [-0.3, -0.25) is 4.79 Å². The summed E-state index contributed by atoms with van der Waals surface area (Å²) in [6, 6.07) is 5.82. The van der Waals surface area contributed by atoms with Crippen LogP contribution < -0.4 is 5.32 Å². The van der Waals surface area contributed by atoms with E-state index in [0.717, 1.165) is 4.70 Å². The van der Waals surface area contributed by atoms with Gasteiger partial charge in [0.05, 0.1) is 11.5 Å². The zero-order chi connectivity index (χ0) is 15.0. The number of hydrogen-bond donors (Lipinski definition) is 2. The average Bonchev–Trinajstić information content (AvgIpc) is 3.05. The molecule has 1 fully saturated rings. The summed E-state index contributed by atoms with van der Waals surface area (Å²) in [5.41, 5.74) is -1.38. The zero-order valence-electron chi connectivity index (χ0n) is 10.9. The lowest BCUT2D eigenvalue weighted by molar-refractivity contribution is -0.144. The third-order valence-electron chi connectivity index (χ3n) is 3.49. The Balaban J connectivity index is 1.88. The average molecular weight is 309 g/mol. The monoisotopic (exact) mass is 309 g/mol. The van der Waals surface area contributed by atoms with E-state index in [4.69, 9.17) is 4.74 Å². The molecule has 1 aromatic carbocycles. The molecule has 110 valence electrons. The van der Waals surface area contributed by atoms with Gasteiger partial charge in [-0.2, -0.15) is 0 Å². The van der Waals surface area contributed by atoms with Crippen molar-refractivity contribution in [1.82, 2.24) is 5.32 Å². The topological polar surface area (TPSA) is 75.6 Å². The van der Waals surface area contributed by atoms with Crippen LogP contribution in [0.1, 0.15) is 16.1 Å². The first-order chi connectivity index (χ1) is 10.00. The number of halogens is 1. The van der Waals surface area contributed by atoms with Crippen molar-refractivity contribution < 1.29 is 23.8 Å². The van der Waals surface area contributed by atoms with Gasteiger partial charge in [0.25, 0.3) is 5.91 Å². The van der Waals surface area contributed by atoms with Crippen molar-refractivity contribution in [1.29, 1.82) is 0 Å². The van der Waals surface area contributed by atoms with Crippen LogP contribution in [0.2, 0.25) is 0 Å². The van der Waals surface area contributed by atoms with Gasteiger partial charge in [-0.05, 0) is 29.7 Å². The fourth-order valence-corrected chi connectivity index (χ4v) is 3.23. The SMILES string of the molecule is O=C(NC1(C(=O)O)CCOC1)c1cc2cc(F)ccc2s1. The Morgan fingerprint density at radius 3 is 2.86 bits per heavy atom. The van der Waals surface area contributed by atoms with Crippen LogP contribution in [0.5, 0.6) is 0 Å². The molecule has 2 aromatic rings. The van der Waals surface area contributed by atoms with Gasteiger partial charge >= 0.3 is 5.97 Å². The quantitative estimate of drug-likeness (QED) is 0.909. The molecule has 5 nitrogen and oxygen atoms in total. The Morgan fingerprint density at radius 1 is 1.38 bits per heavy atom. The van der Waals surface area contributed by atoms with Crippen molar-refractivity contribution in [2.75, 3.05) is 13.2 Å². The third kappa shape index (κ3) is 2.50. The van der Waals surface area contributed by atoms with E-state index < -0.39 is 17.4 Å². The summed E-state index contributed by atoms with van der Waals surface area (Å²) < 4.78 is 19.0. The number of thiophene rings is 1. The molecule has 1 unspecified atom stereocenters. The van der Waals surface area contributed by atoms with E-state index in [1.165, 1.54) is 23.5 Å². The van der Waals surface area contributed by atoms with E-state index in [0.29, 0.717) is 16.9 Å². The first kappa shape index (κ1) is 14.0. The number of carbonyl (C=O) groups is 2. The molecule has 0 spiro atoms. The van der Waals surface area contributed by atoms with E-state index >= 15 is 0 Å². The molecule has 1 aliphatic rings. The van der Waals surface area contributed by atoms with Crippen molar-refractivity contribution in [3.05, 3.63) is 35.0 Å². The van der Waals surface area contributed by atoms with Gasteiger partial charge in [-0.25, -0.2) is 9.18 Å². The molecule has 21 heavy (non-hydrogen) atoms. The predicted octanol–water partition coefficient (Wildman–Crippen LogP) is 2.01. The smallest absolute Gasteiger partial charge is 0.331 e. The Hall–Kier alpha value is -1.99. The first-order valence-corrected chi connectivity index (χ1v) is 7.15. The van der Waals surface area contributed by atoms with Gasteiger partial charge in [0.15, 0.2) is 5.54 Å². The minimum absolute atomic E-state index is 0.0480. The van der Waals surface area contributed by atoms with E-state index in [-0.39, 0.29) is 18.8 Å². The molecular weight excluding hydrogens is 297 g/mol. The highest BCUT2D eigenvalue weighted by Crippen LogP contribution is 2.27. The van der Waals surface area contributed by atoms with Crippen molar-refractivity contribution in [2.45, 2.75) is 12.0 Å². The van der Waals surface area contributed by atoms with Crippen molar-refractivity contribution >= 4 is 33.3 Å². The van der Waals surface area contributed by atoms with Gasteiger partial charge in [0.2, 0.25) is 0 Å². The maximum atomic E-state index is 13.2. The van der Waals surface area contributed by atoms with Crippen molar-refractivity contribution in [3.8, 4) is 0 Å². The fraction of sp³-hybridized carbons (Fsp3) is 0.286. The standard InChI is InChI=1S/C14H12FNO4S/c15-9-1-2-10-8(5-9)6-11(21-10)12(17)16-14(13(18)19)3-4-20-7-14/h1-2,5-6H,3-4,7H2,(H,16,17)(H,18,19). The number of hydrogen-bond acceptors (Lipinski definition) is 4. The molecule has 3 rings (SSSR count). The molecule has 0 aliphatic carbocycles. The highest BCUT2D eigenvalue weighted by atomic mass is 32.1. The highest BCUT2D eigenvalue weighted by molar-refractivity contribution is 7.20. The molecule has 2 heterocycles. The largest absolute Gasteiger partial charge is 0.479 e. The molecule has 1 saturated heterocycles. The second-order valence-electron chi connectivity index (χ2n) is 4.94. The van der Waals surface area contributed by atoms with Crippen LogP contribution >= 0.6 is 11.3 Å². The van der Waals surface area contributed by atoms with Crippen LogP contribution in [0.3, 0.4) is 0 Å². The third-order valence-corrected chi connectivity index (χ3v) is 4.60. The van der Waals surface area contributed by atoms with Gasteiger partial charge in [-0.1, -0.05) is 0 Å². The molecule has 0 bridgehead atoms. The van der Waals surface area contributed by atoms with Crippen LogP contribution in [0.15, 0.2) is 24.3 Å². The zero-order valence-corrected chi connectivity index (χ0v) is 11.7. The maximum absolute atomic E-state index is 13.2. The lowest BCUT2D eigenvalue weighted by atomic mass is 9.99. The Labute approximate surface area is 123 Å². The number of fused-ring (bicyclic) bond motifs is 1. The molecule has 7 heteroatoms. The summed E-state index contributed by atoms with van der Waals surface area (Å²) in [6.45, 7) is 0.248. The van der Waals surface area contributed by atoms with Crippen molar-refractivity contribution in [3.63, 3.8) is 0 Å². The van der Waals surface area contributed by atoms with Crippen LogP contribution in [0, 0.1) is 5.82 Å². The molecule has 0 radical (unpaired) electrons. The first-order valence-electron chi connectivity index (χ1n) is 6.33. The molecule has 1 amide bonds.